The topological polar surface area (TPSA) is 50.4 Å². The number of rotatable bonds is 4. The molecule has 2 amide bonds. The first-order valence-electron chi connectivity index (χ1n) is 6.33. The molecule has 1 aromatic carbocycles. The lowest BCUT2D eigenvalue weighted by Crippen LogP contribution is -2.43. The number of amides is 2. The molecule has 0 saturated carbocycles. The van der Waals surface area contributed by atoms with Gasteiger partial charge in [-0.05, 0) is 26.2 Å². The SMILES string of the molecule is CSC(C)(C)CNC(=O)N[C@@H]1COc2ccccc21. The maximum atomic E-state index is 11.9. The van der Waals surface area contributed by atoms with E-state index in [9.17, 15) is 4.79 Å². The van der Waals surface area contributed by atoms with Crippen LogP contribution in [-0.4, -0.2) is 30.2 Å². The molecule has 0 aliphatic carbocycles. The molecule has 0 fully saturated rings. The Morgan fingerprint density at radius 2 is 2.21 bits per heavy atom. The van der Waals surface area contributed by atoms with E-state index in [0.717, 1.165) is 11.3 Å². The van der Waals surface area contributed by atoms with Crippen molar-refractivity contribution in [3.63, 3.8) is 0 Å². The number of para-hydroxylation sites is 1. The van der Waals surface area contributed by atoms with Crippen LogP contribution in [0, 0.1) is 0 Å². The monoisotopic (exact) mass is 280 g/mol. The van der Waals surface area contributed by atoms with Crippen molar-refractivity contribution in [1.82, 2.24) is 10.6 Å². The van der Waals surface area contributed by atoms with E-state index < -0.39 is 0 Å². The molecule has 0 bridgehead atoms. The van der Waals surface area contributed by atoms with Crippen LogP contribution < -0.4 is 15.4 Å². The highest BCUT2D eigenvalue weighted by Crippen LogP contribution is 2.31. The van der Waals surface area contributed by atoms with Gasteiger partial charge in [0.1, 0.15) is 12.4 Å². The van der Waals surface area contributed by atoms with Crippen LogP contribution in [-0.2, 0) is 0 Å². The molecule has 0 saturated heterocycles. The Hall–Kier alpha value is -1.36. The smallest absolute Gasteiger partial charge is 0.315 e. The second-order valence-corrected chi connectivity index (χ2v) is 6.71. The summed E-state index contributed by atoms with van der Waals surface area (Å²) in [6, 6.07) is 7.59. The molecule has 5 heteroatoms. The fourth-order valence-electron chi connectivity index (χ4n) is 1.86. The van der Waals surface area contributed by atoms with E-state index in [1.807, 2.05) is 30.5 Å². The second kappa shape index (κ2) is 5.74. The molecule has 1 aliphatic heterocycles. The van der Waals surface area contributed by atoms with Crippen molar-refractivity contribution in [2.24, 2.45) is 0 Å². The van der Waals surface area contributed by atoms with Gasteiger partial charge in [0, 0.05) is 16.9 Å². The molecule has 0 spiro atoms. The lowest BCUT2D eigenvalue weighted by molar-refractivity contribution is 0.231. The first-order chi connectivity index (χ1) is 9.02. The van der Waals surface area contributed by atoms with Gasteiger partial charge < -0.3 is 15.4 Å². The summed E-state index contributed by atoms with van der Waals surface area (Å²) in [6.45, 7) is 5.34. The third-order valence-electron chi connectivity index (χ3n) is 3.23. The summed E-state index contributed by atoms with van der Waals surface area (Å²) in [7, 11) is 0. The lowest BCUT2D eigenvalue weighted by Gasteiger charge is -2.23. The van der Waals surface area contributed by atoms with Crippen LogP contribution in [0.2, 0.25) is 0 Å². The number of carbonyl (C=O) groups excluding carboxylic acids is 1. The Morgan fingerprint density at radius 1 is 1.47 bits per heavy atom. The minimum Gasteiger partial charge on any atom is -0.491 e. The molecule has 0 unspecified atom stereocenters. The van der Waals surface area contributed by atoms with Crippen molar-refractivity contribution in [3.05, 3.63) is 29.8 Å². The predicted octanol–water partition coefficient (Wildman–Crippen LogP) is 2.56. The average Bonchev–Trinajstić information content (AvgIpc) is 2.80. The molecule has 19 heavy (non-hydrogen) atoms. The Bertz CT molecular complexity index is 463. The van der Waals surface area contributed by atoms with Crippen molar-refractivity contribution in [1.29, 1.82) is 0 Å². The molecule has 0 radical (unpaired) electrons. The van der Waals surface area contributed by atoms with Crippen LogP contribution in [0.3, 0.4) is 0 Å². The van der Waals surface area contributed by atoms with Crippen LogP contribution in [0.4, 0.5) is 4.79 Å². The van der Waals surface area contributed by atoms with Gasteiger partial charge >= 0.3 is 6.03 Å². The number of nitrogens with one attached hydrogen (secondary N) is 2. The summed E-state index contributed by atoms with van der Waals surface area (Å²) < 4.78 is 5.57. The molecule has 2 N–H and O–H groups in total. The van der Waals surface area contributed by atoms with Crippen LogP contribution in [0.5, 0.6) is 5.75 Å². The Morgan fingerprint density at radius 3 is 2.95 bits per heavy atom. The highest BCUT2D eigenvalue weighted by Gasteiger charge is 2.25. The molecular formula is C14H20N2O2S. The van der Waals surface area contributed by atoms with Gasteiger partial charge in [0.05, 0.1) is 6.04 Å². The highest BCUT2D eigenvalue weighted by molar-refractivity contribution is 7.99. The summed E-state index contributed by atoms with van der Waals surface area (Å²) in [5.41, 5.74) is 1.04. The molecule has 0 aromatic heterocycles. The minimum absolute atomic E-state index is 0.0431. The number of urea groups is 1. The third-order valence-corrected chi connectivity index (χ3v) is 4.48. The summed E-state index contributed by atoms with van der Waals surface area (Å²) in [5.74, 6) is 0.859. The summed E-state index contributed by atoms with van der Waals surface area (Å²) in [6.07, 6.45) is 2.04. The van der Waals surface area contributed by atoms with Crippen molar-refractivity contribution < 1.29 is 9.53 Å². The number of thioether (sulfide) groups is 1. The molecule has 1 aromatic rings. The first-order valence-corrected chi connectivity index (χ1v) is 7.55. The average molecular weight is 280 g/mol. The first kappa shape index (κ1) is 14.1. The molecule has 1 aliphatic rings. The number of ether oxygens (including phenoxy) is 1. The minimum atomic E-state index is -0.146. The fraction of sp³-hybridized carbons (Fsp3) is 0.500. The van der Waals surface area contributed by atoms with Gasteiger partial charge in [-0.2, -0.15) is 11.8 Å². The zero-order valence-corrected chi connectivity index (χ0v) is 12.3. The van der Waals surface area contributed by atoms with Gasteiger partial charge in [0.2, 0.25) is 0 Å². The maximum absolute atomic E-state index is 11.9. The lowest BCUT2D eigenvalue weighted by atomic mass is 10.1. The Labute approximate surface area is 118 Å². The van der Waals surface area contributed by atoms with Crippen LogP contribution in [0.1, 0.15) is 25.5 Å². The van der Waals surface area contributed by atoms with Gasteiger partial charge in [-0.1, -0.05) is 18.2 Å². The van der Waals surface area contributed by atoms with Gasteiger partial charge in [-0.15, -0.1) is 0 Å². The van der Waals surface area contributed by atoms with E-state index in [1.54, 1.807) is 11.8 Å². The van der Waals surface area contributed by atoms with E-state index in [-0.39, 0.29) is 16.8 Å². The molecule has 2 rings (SSSR count). The number of fused-ring (bicyclic) bond motifs is 1. The zero-order chi connectivity index (χ0) is 13.9. The van der Waals surface area contributed by atoms with Crippen molar-refractivity contribution in [2.75, 3.05) is 19.4 Å². The quantitative estimate of drug-likeness (QED) is 0.891. The van der Waals surface area contributed by atoms with Crippen LogP contribution in [0.25, 0.3) is 0 Å². The number of hydrogen-bond acceptors (Lipinski definition) is 3. The third kappa shape index (κ3) is 3.56. The summed E-state index contributed by atoms with van der Waals surface area (Å²) in [4.78, 5) is 11.9. The molecular weight excluding hydrogens is 260 g/mol. The standard InChI is InChI=1S/C14H20N2O2S/c1-14(2,19-3)9-15-13(17)16-11-8-18-12-7-5-4-6-10(11)12/h4-7,11H,8-9H2,1-3H3,(H2,15,16,17)/t11-/m1/s1. The maximum Gasteiger partial charge on any atom is 0.315 e. The number of hydrogen-bond donors (Lipinski definition) is 2. The fourth-order valence-corrected chi connectivity index (χ4v) is 2.07. The van der Waals surface area contributed by atoms with Crippen molar-refractivity contribution >= 4 is 17.8 Å². The second-order valence-electron chi connectivity index (χ2n) is 5.19. The van der Waals surface area contributed by atoms with Crippen molar-refractivity contribution in [2.45, 2.75) is 24.6 Å². The zero-order valence-electron chi connectivity index (χ0n) is 11.5. The Kier molecular flexibility index (Phi) is 4.24. The normalized spacial score (nSPS) is 17.5. The van der Waals surface area contributed by atoms with Gasteiger partial charge in [0.15, 0.2) is 0 Å². The van der Waals surface area contributed by atoms with E-state index in [1.165, 1.54) is 0 Å². The van der Waals surface area contributed by atoms with E-state index in [2.05, 4.69) is 24.5 Å². The largest absolute Gasteiger partial charge is 0.491 e. The van der Waals surface area contributed by atoms with E-state index >= 15 is 0 Å². The van der Waals surface area contributed by atoms with Crippen LogP contribution >= 0.6 is 11.8 Å². The molecule has 4 nitrogen and oxygen atoms in total. The van der Waals surface area contributed by atoms with E-state index in [0.29, 0.717) is 13.2 Å². The van der Waals surface area contributed by atoms with Crippen molar-refractivity contribution in [3.8, 4) is 5.75 Å². The van der Waals surface area contributed by atoms with Gasteiger partial charge in [-0.25, -0.2) is 4.79 Å². The number of benzene rings is 1. The Balaban J connectivity index is 1.88. The summed E-state index contributed by atoms with van der Waals surface area (Å²) in [5, 5.41) is 5.85. The summed E-state index contributed by atoms with van der Waals surface area (Å²) >= 11 is 1.73. The van der Waals surface area contributed by atoms with Crippen LogP contribution in [0.15, 0.2) is 24.3 Å². The highest BCUT2D eigenvalue weighted by atomic mass is 32.2. The number of carbonyl (C=O) groups is 1. The van der Waals surface area contributed by atoms with E-state index in [4.69, 9.17) is 4.74 Å². The van der Waals surface area contributed by atoms with Gasteiger partial charge in [0.25, 0.3) is 0 Å². The van der Waals surface area contributed by atoms with Gasteiger partial charge in [-0.3, -0.25) is 0 Å². The predicted molar refractivity (Wildman–Crippen MR) is 78.8 cm³/mol. The molecule has 104 valence electrons. The molecule has 1 heterocycles. The molecule has 1 atom stereocenters.